The summed E-state index contributed by atoms with van der Waals surface area (Å²) in [4.78, 5) is 0. The Morgan fingerprint density at radius 2 is 1.95 bits per heavy atom. The van der Waals surface area contributed by atoms with Gasteiger partial charge in [0.05, 0.1) is 11.7 Å². The summed E-state index contributed by atoms with van der Waals surface area (Å²) >= 11 is 0. The quantitative estimate of drug-likeness (QED) is 0.806. The Morgan fingerprint density at radius 1 is 1.26 bits per heavy atom. The molecule has 2 nitrogen and oxygen atoms in total. The highest BCUT2D eigenvalue weighted by molar-refractivity contribution is 5.26. The van der Waals surface area contributed by atoms with E-state index in [4.69, 9.17) is 4.74 Å². The Bertz CT molecular complexity index is 406. The molecule has 19 heavy (non-hydrogen) atoms. The Labute approximate surface area is 109 Å². The van der Waals surface area contributed by atoms with E-state index >= 15 is 0 Å². The predicted molar refractivity (Wildman–Crippen MR) is 64.2 cm³/mol. The monoisotopic (exact) mass is 279 g/mol. The van der Waals surface area contributed by atoms with E-state index in [-0.39, 0.29) is 18.2 Å². The van der Waals surface area contributed by atoms with Crippen molar-refractivity contribution in [1.82, 2.24) is 5.32 Å². The van der Waals surface area contributed by atoms with E-state index in [0.29, 0.717) is 19.2 Å². The minimum absolute atomic E-state index is 0.0411. The maximum Gasteiger partial charge on any atom is 0.416 e. The van der Waals surface area contributed by atoms with Gasteiger partial charge in [-0.3, -0.25) is 0 Å². The molecule has 0 aliphatic carbocycles. The minimum atomic E-state index is -4.53. The summed E-state index contributed by atoms with van der Waals surface area (Å²) < 4.78 is 55.9. The molecule has 0 aromatic heterocycles. The van der Waals surface area contributed by atoms with Gasteiger partial charge in [-0.25, -0.2) is 4.39 Å². The van der Waals surface area contributed by atoms with Gasteiger partial charge in [-0.05, 0) is 37.6 Å². The zero-order valence-electron chi connectivity index (χ0n) is 10.9. The third kappa shape index (κ3) is 5.57. The van der Waals surface area contributed by atoms with Gasteiger partial charge in [0.25, 0.3) is 0 Å². The van der Waals surface area contributed by atoms with Gasteiger partial charge in [0.15, 0.2) is 0 Å². The maximum atomic E-state index is 13.1. The van der Waals surface area contributed by atoms with Gasteiger partial charge in [0.2, 0.25) is 0 Å². The van der Waals surface area contributed by atoms with E-state index < -0.39 is 17.6 Å². The fraction of sp³-hybridized carbons (Fsp3) is 0.538. The van der Waals surface area contributed by atoms with Gasteiger partial charge >= 0.3 is 6.18 Å². The zero-order valence-corrected chi connectivity index (χ0v) is 10.9. The number of alkyl halides is 3. The number of ether oxygens (including phenoxy) is 1. The van der Waals surface area contributed by atoms with Crippen molar-refractivity contribution < 1.29 is 22.3 Å². The van der Waals surface area contributed by atoms with E-state index in [2.05, 4.69) is 5.32 Å². The number of rotatable bonds is 6. The van der Waals surface area contributed by atoms with Crippen LogP contribution in [0.15, 0.2) is 18.2 Å². The van der Waals surface area contributed by atoms with E-state index in [1.54, 1.807) is 0 Å². The third-order valence-corrected chi connectivity index (χ3v) is 2.50. The van der Waals surface area contributed by atoms with Gasteiger partial charge < -0.3 is 10.1 Å². The van der Waals surface area contributed by atoms with Crippen molar-refractivity contribution in [1.29, 1.82) is 0 Å². The highest BCUT2D eigenvalue weighted by Crippen LogP contribution is 2.30. The average molecular weight is 279 g/mol. The summed E-state index contributed by atoms with van der Waals surface area (Å²) in [7, 11) is 0. The molecule has 0 amide bonds. The lowest BCUT2D eigenvalue weighted by Crippen LogP contribution is -2.26. The molecule has 0 spiro atoms. The standard InChI is InChI=1S/C13H17F4NO/c1-3-19-9(2)7-18-8-10-4-11(13(15,16)17)6-12(14)5-10/h4-6,9,18H,3,7-8H2,1-2H3. The van der Waals surface area contributed by atoms with E-state index in [1.165, 1.54) is 0 Å². The molecule has 6 heteroatoms. The van der Waals surface area contributed by atoms with Gasteiger partial charge in [0, 0.05) is 19.7 Å². The number of nitrogens with one attached hydrogen (secondary N) is 1. The molecule has 0 fully saturated rings. The van der Waals surface area contributed by atoms with Crippen LogP contribution in [0.4, 0.5) is 17.6 Å². The second-order valence-electron chi connectivity index (χ2n) is 4.24. The molecule has 0 saturated carbocycles. The number of benzene rings is 1. The summed E-state index contributed by atoms with van der Waals surface area (Å²) in [6.45, 7) is 4.94. The van der Waals surface area contributed by atoms with Crippen LogP contribution < -0.4 is 5.32 Å². The molecule has 1 rings (SSSR count). The summed E-state index contributed by atoms with van der Waals surface area (Å²) in [5.74, 6) is -0.885. The van der Waals surface area contributed by atoms with Gasteiger partial charge in [-0.1, -0.05) is 0 Å². The lowest BCUT2D eigenvalue weighted by atomic mass is 10.1. The van der Waals surface area contributed by atoms with Gasteiger partial charge in [-0.15, -0.1) is 0 Å². The highest BCUT2D eigenvalue weighted by atomic mass is 19.4. The molecule has 0 radical (unpaired) electrons. The van der Waals surface area contributed by atoms with Crippen molar-refractivity contribution in [3.05, 3.63) is 35.1 Å². The van der Waals surface area contributed by atoms with Crippen molar-refractivity contribution in [2.75, 3.05) is 13.2 Å². The molecule has 0 heterocycles. The zero-order chi connectivity index (χ0) is 14.5. The lowest BCUT2D eigenvalue weighted by Gasteiger charge is -2.13. The molecule has 0 aliphatic rings. The first-order valence-corrected chi connectivity index (χ1v) is 6.02. The maximum absolute atomic E-state index is 13.1. The molecule has 1 atom stereocenters. The van der Waals surface area contributed by atoms with Crippen LogP contribution in [0.25, 0.3) is 0 Å². The molecular weight excluding hydrogens is 262 g/mol. The van der Waals surface area contributed by atoms with Gasteiger partial charge in [-0.2, -0.15) is 13.2 Å². The summed E-state index contributed by atoms with van der Waals surface area (Å²) in [6.07, 6.45) is -4.57. The summed E-state index contributed by atoms with van der Waals surface area (Å²) in [5, 5.41) is 2.93. The van der Waals surface area contributed by atoms with Crippen molar-refractivity contribution in [3.8, 4) is 0 Å². The average Bonchev–Trinajstić information content (AvgIpc) is 2.27. The van der Waals surface area contributed by atoms with E-state index in [1.807, 2.05) is 13.8 Å². The topological polar surface area (TPSA) is 21.3 Å². The Kier molecular flexibility index (Phi) is 5.75. The SMILES string of the molecule is CCOC(C)CNCc1cc(F)cc(C(F)(F)F)c1. The van der Waals surface area contributed by atoms with E-state index in [0.717, 1.165) is 12.1 Å². The molecule has 0 aliphatic heterocycles. The predicted octanol–water partition coefficient (Wildman–Crippen LogP) is 3.36. The Hall–Kier alpha value is -1.14. The Balaban J connectivity index is 2.61. The second-order valence-corrected chi connectivity index (χ2v) is 4.24. The molecule has 1 aromatic rings. The molecule has 1 aromatic carbocycles. The van der Waals surface area contributed by atoms with Crippen LogP contribution in [-0.2, 0) is 17.5 Å². The molecule has 0 bridgehead atoms. The van der Waals surface area contributed by atoms with Crippen LogP contribution in [0, 0.1) is 5.82 Å². The second kappa shape index (κ2) is 6.86. The van der Waals surface area contributed by atoms with Gasteiger partial charge in [0.1, 0.15) is 5.82 Å². The Morgan fingerprint density at radius 3 is 2.53 bits per heavy atom. The fourth-order valence-corrected chi connectivity index (χ4v) is 1.68. The molecule has 108 valence electrons. The minimum Gasteiger partial charge on any atom is -0.377 e. The highest BCUT2D eigenvalue weighted by Gasteiger charge is 2.31. The number of halogens is 4. The normalized spacial score (nSPS) is 13.6. The fourth-order valence-electron chi connectivity index (χ4n) is 1.68. The first kappa shape index (κ1) is 15.9. The van der Waals surface area contributed by atoms with Crippen LogP contribution in [0.1, 0.15) is 25.0 Å². The molecule has 1 N–H and O–H groups in total. The van der Waals surface area contributed by atoms with Crippen LogP contribution in [-0.4, -0.2) is 19.3 Å². The summed E-state index contributed by atoms with van der Waals surface area (Å²) in [5.41, 5.74) is -0.710. The van der Waals surface area contributed by atoms with Crippen molar-refractivity contribution in [3.63, 3.8) is 0 Å². The number of hydrogen-bond acceptors (Lipinski definition) is 2. The van der Waals surface area contributed by atoms with Crippen LogP contribution in [0.2, 0.25) is 0 Å². The van der Waals surface area contributed by atoms with E-state index in [9.17, 15) is 17.6 Å². The summed E-state index contributed by atoms with van der Waals surface area (Å²) in [6, 6.07) is 2.53. The van der Waals surface area contributed by atoms with Crippen molar-refractivity contribution >= 4 is 0 Å². The first-order chi connectivity index (χ1) is 8.82. The van der Waals surface area contributed by atoms with Crippen LogP contribution in [0.3, 0.4) is 0 Å². The van der Waals surface area contributed by atoms with Crippen LogP contribution in [0.5, 0.6) is 0 Å². The number of hydrogen-bond donors (Lipinski definition) is 1. The smallest absolute Gasteiger partial charge is 0.377 e. The lowest BCUT2D eigenvalue weighted by molar-refractivity contribution is -0.137. The van der Waals surface area contributed by atoms with Crippen molar-refractivity contribution in [2.24, 2.45) is 0 Å². The molecule has 0 saturated heterocycles. The largest absolute Gasteiger partial charge is 0.416 e. The van der Waals surface area contributed by atoms with Crippen LogP contribution >= 0.6 is 0 Å². The molecule has 1 unspecified atom stereocenters. The first-order valence-electron chi connectivity index (χ1n) is 6.02. The third-order valence-electron chi connectivity index (χ3n) is 2.50. The molecular formula is C13H17F4NO. The van der Waals surface area contributed by atoms with Crippen molar-refractivity contribution in [2.45, 2.75) is 32.7 Å².